The van der Waals surface area contributed by atoms with E-state index in [0.717, 1.165) is 39.7 Å². The summed E-state index contributed by atoms with van der Waals surface area (Å²) in [4.78, 5) is 23.9. The molecule has 1 aliphatic heterocycles. The molecule has 128 valence electrons. The topological polar surface area (TPSA) is 74.8 Å². The molecule has 0 fully saturated rings. The second-order valence-electron chi connectivity index (χ2n) is 6.30. The van der Waals surface area contributed by atoms with E-state index < -0.39 is 0 Å². The number of aryl methyl sites for hydroxylation is 1. The summed E-state index contributed by atoms with van der Waals surface area (Å²) in [5.74, 6) is 0.757. The standard InChI is InChI=1S/C19H14ClN5O/c20-11-6-7-13-12(9-11)17-18-14(23-13)3-1-4-15(18)25(19(17)26)8-2-5-16-21-10-22-24-16/h1,3-4,6-7,9-10H,2,5,8H2,(H,21,22,24). The number of hydrogen-bond donors (Lipinski definition) is 1. The van der Waals surface area contributed by atoms with E-state index in [1.807, 2.05) is 35.2 Å². The van der Waals surface area contributed by atoms with Crippen LogP contribution in [0, 0.1) is 0 Å². The van der Waals surface area contributed by atoms with Crippen molar-refractivity contribution in [1.82, 2.24) is 20.2 Å². The lowest BCUT2D eigenvalue weighted by Gasteiger charge is -2.17. The van der Waals surface area contributed by atoms with Crippen LogP contribution in [0.5, 0.6) is 0 Å². The number of aromatic amines is 1. The van der Waals surface area contributed by atoms with Crippen LogP contribution in [-0.4, -0.2) is 32.6 Å². The van der Waals surface area contributed by atoms with Gasteiger partial charge in [0.1, 0.15) is 12.2 Å². The molecule has 0 bridgehead atoms. The summed E-state index contributed by atoms with van der Waals surface area (Å²) in [6.45, 7) is 0.600. The fourth-order valence-corrected chi connectivity index (χ4v) is 3.78. The van der Waals surface area contributed by atoms with Crippen LogP contribution in [0.25, 0.3) is 21.8 Å². The number of amides is 1. The number of carbonyl (C=O) groups excluding carboxylic acids is 1. The number of halogens is 1. The first-order valence-corrected chi connectivity index (χ1v) is 8.79. The predicted molar refractivity (Wildman–Crippen MR) is 101 cm³/mol. The molecule has 4 aromatic rings. The number of benzene rings is 2. The second-order valence-corrected chi connectivity index (χ2v) is 6.73. The quantitative estimate of drug-likeness (QED) is 0.560. The summed E-state index contributed by atoms with van der Waals surface area (Å²) >= 11 is 6.17. The van der Waals surface area contributed by atoms with Gasteiger partial charge in [0.05, 0.1) is 22.3 Å². The zero-order chi connectivity index (χ0) is 17.7. The summed E-state index contributed by atoms with van der Waals surface area (Å²) in [6.07, 6.45) is 3.05. The molecule has 1 amide bonds. The minimum absolute atomic E-state index is 0.000790. The van der Waals surface area contributed by atoms with Gasteiger partial charge in [-0.1, -0.05) is 17.7 Å². The SMILES string of the molecule is O=C1c2c3cc(Cl)ccc3nc3cccc(c23)N1CCCc1nc[nH]n1. The van der Waals surface area contributed by atoms with Crippen molar-refractivity contribution in [3.8, 4) is 0 Å². The smallest absolute Gasteiger partial charge is 0.259 e. The van der Waals surface area contributed by atoms with Crippen molar-refractivity contribution in [2.24, 2.45) is 0 Å². The molecule has 0 saturated heterocycles. The van der Waals surface area contributed by atoms with Crippen molar-refractivity contribution < 1.29 is 4.79 Å². The van der Waals surface area contributed by atoms with E-state index in [0.29, 0.717) is 23.6 Å². The van der Waals surface area contributed by atoms with Crippen LogP contribution >= 0.6 is 11.6 Å². The number of anilines is 1. The monoisotopic (exact) mass is 363 g/mol. The van der Waals surface area contributed by atoms with Gasteiger partial charge in [0.15, 0.2) is 0 Å². The van der Waals surface area contributed by atoms with Crippen LogP contribution in [0.3, 0.4) is 0 Å². The van der Waals surface area contributed by atoms with Gasteiger partial charge in [-0.25, -0.2) is 9.97 Å². The summed E-state index contributed by atoms with van der Waals surface area (Å²) in [5, 5.41) is 9.09. The van der Waals surface area contributed by atoms with Crippen LogP contribution < -0.4 is 4.90 Å². The lowest BCUT2D eigenvalue weighted by atomic mass is 10.0. The Morgan fingerprint density at radius 1 is 1.15 bits per heavy atom. The molecular formula is C19H14ClN5O. The summed E-state index contributed by atoms with van der Waals surface area (Å²) < 4.78 is 0. The molecule has 0 unspecified atom stereocenters. The minimum Gasteiger partial charge on any atom is -0.308 e. The van der Waals surface area contributed by atoms with Crippen molar-refractivity contribution in [2.75, 3.05) is 11.4 Å². The number of H-pyrrole nitrogens is 1. The average molecular weight is 364 g/mol. The van der Waals surface area contributed by atoms with E-state index in [9.17, 15) is 4.79 Å². The van der Waals surface area contributed by atoms with Gasteiger partial charge in [-0.15, -0.1) is 0 Å². The highest BCUT2D eigenvalue weighted by Crippen LogP contribution is 2.40. The molecular weight excluding hydrogens is 350 g/mol. The van der Waals surface area contributed by atoms with E-state index in [1.54, 1.807) is 12.4 Å². The molecule has 0 spiro atoms. The Balaban J connectivity index is 1.58. The maximum absolute atomic E-state index is 13.2. The molecule has 1 N–H and O–H groups in total. The van der Waals surface area contributed by atoms with Crippen LogP contribution in [0.1, 0.15) is 22.6 Å². The normalized spacial score (nSPS) is 13.3. The molecule has 0 atom stereocenters. The largest absolute Gasteiger partial charge is 0.308 e. The van der Waals surface area contributed by atoms with Gasteiger partial charge in [-0.3, -0.25) is 9.89 Å². The number of pyridine rings is 1. The van der Waals surface area contributed by atoms with Crippen LogP contribution in [0.4, 0.5) is 5.69 Å². The number of aromatic nitrogens is 4. The maximum Gasteiger partial charge on any atom is 0.259 e. The molecule has 3 heterocycles. The number of fused-ring (bicyclic) bond motifs is 2. The van der Waals surface area contributed by atoms with Crippen molar-refractivity contribution >= 4 is 45.0 Å². The first kappa shape index (κ1) is 15.3. The highest BCUT2D eigenvalue weighted by Gasteiger charge is 2.32. The van der Waals surface area contributed by atoms with E-state index >= 15 is 0 Å². The molecule has 26 heavy (non-hydrogen) atoms. The van der Waals surface area contributed by atoms with Gasteiger partial charge in [0.25, 0.3) is 5.91 Å². The Bertz CT molecular complexity index is 1160. The molecule has 0 aliphatic carbocycles. The number of nitrogens with zero attached hydrogens (tertiary/aromatic N) is 4. The number of carbonyl (C=O) groups is 1. The molecule has 1 aliphatic rings. The van der Waals surface area contributed by atoms with E-state index in [-0.39, 0.29) is 5.91 Å². The second kappa shape index (κ2) is 5.78. The molecule has 7 heteroatoms. The van der Waals surface area contributed by atoms with Crippen molar-refractivity contribution in [2.45, 2.75) is 12.8 Å². The zero-order valence-corrected chi connectivity index (χ0v) is 14.5. The Kier molecular flexibility index (Phi) is 3.39. The van der Waals surface area contributed by atoms with Gasteiger partial charge in [0.2, 0.25) is 0 Å². The van der Waals surface area contributed by atoms with Gasteiger partial charge in [0, 0.05) is 28.8 Å². The van der Waals surface area contributed by atoms with Gasteiger partial charge in [-0.05, 0) is 36.8 Å². The molecule has 0 saturated carbocycles. The highest BCUT2D eigenvalue weighted by atomic mass is 35.5. The highest BCUT2D eigenvalue weighted by molar-refractivity contribution is 6.33. The number of hydrogen-bond acceptors (Lipinski definition) is 4. The van der Waals surface area contributed by atoms with E-state index in [2.05, 4.69) is 15.2 Å². The molecule has 5 rings (SSSR count). The summed E-state index contributed by atoms with van der Waals surface area (Å²) in [7, 11) is 0. The Morgan fingerprint density at radius 2 is 2.08 bits per heavy atom. The third-order valence-electron chi connectivity index (χ3n) is 4.74. The van der Waals surface area contributed by atoms with Gasteiger partial charge < -0.3 is 4.90 Å². The minimum atomic E-state index is 0.000790. The van der Waals surface area contributed by atoms with Crippen LogP contribution in [-0.2, 0) is 6.42 Å². The van der Waals surface area contributed by atoms with Crippen LogP contribution in [0.2, 0.25) is 5.02 Å². The van der Waals surface area contributed by atoms with Crippen LogP contribution in [0.15, 0.2) is 42.7 Å². The number of rotatable bonds is 4. The zero-order valence-electron chi connectivity index (χ0n) is 13.7. The Labute approximate surface area is 153 Å². The third kappa shape index (κ3) is 2.26. The Morgan fingerprint density at radius 3 is 2.92 bits per heavy atom. The maximum atomic E-state index is 13.2. The summed E-state index contributed by atoms with van der Waals surface area (Å²) in [5.41, 5.74) is 3.22. The molecule has 6 nitrogen and oxygen atoms in total. The number of nitrogens with one attached hydrogen (secondary N) is 1. The summed E-state index contributed by atoms with van der Waals surface area (Å²) in [6, 6.07) is 11.3. The molecule has 2 aromatic heterocycles. The fraction of sp³-hybridized carbons (Fsp3) is 0.158. The third-order valence-corrected chi connectivity index (χ3v) is 4.97. The predicted octanol–water partition coefficient (Wildman–Crippen LogP) is 3.75. The van der Waals surface area contributed by atoms with E-state index in [4.69, 9.17) is 16.6 Å². The lowest BCUT2D eigenvalue weighted by Crippen LogP contribution is -2.28. The van der Waals surface area contributed by atoms with Crippen molar-refractivity contribution in [1.29, 1.82) is 0 Å². The first-order valence-electron chi connectivity index (χ1n) is 8.41. The first-order chi connectivity index (χ1) is 12.7. The lowest BCUT2D eigenvalue weighted by molar-refractivity contribution is 0.0994. The van der Waals surface area contributed by atoms with Gasteiger partial charge >= 0.3 is 0 Å². The fourth-order valence-electron chi connectivity index (χ4n) is 3.61. The van der Waals surface area contributed by atoms with E-state index in [1.165, 1.54) is 0 Å². The molecule has 2 aromatic carbocycles. The Hall–Kier alpha value is -2.99. The molecule has 0 radical (unpaired) electrons. The van der Waals surface area contributed by atoms with Gasteiger partial charge in [-0.2, -0.15) is 5.10 Å². The van der Waals surface area contributed by atoms with Crippen molar-refractivity contribution in [3.05, 3.63) is 59.1 Å². The van der Waals surface area contributed by atoms with Crippen molar-refractivity contribution in [3.63, 3.8) is 0 Å². The average Bonchev–Trinajstić information content (AvgIpc) is 3.25.